The molecule has 3 heterocycles. The van der Waals surface area contributed by atoms with E-state index in [0.29, 0.717) is 54.9 Å². The monoisotopic (exact) mass is 407 g/mol. The number of pyridine rings is 1. The third-order valence-electron chi connectivity index (χ3n) is 4.67. The van der Waals surface area contributed by atoms with Crippen molar-refractivity contribution in [2.45, 2.75) is 0 Å². The zero-order chi connectivity index (χ0) is 20.9. The zero-order valence-electron chi connectivity index (χ0n) is 16.4. The van der Waals surface area contributed by atoms with Crippen LogP contribution in [0.4, 0.5) is 17.5 Å². The van der Waals surface area contributed by atoms with Gasteiger partial charge in [-0.15, -0.1) is 0 Å². The van der Waals surface area contributed by atoms with E-state index in [4.69, 9.17) is 9.47 Å². The minimum atomic E-state index is -1.13. The van der Waals surface area contributed by atoms with Gasteiger partial charge in [0, 0.05) is 24.8 Å². The number of carbonyl (C=O) groups is 1. The third kappa shape index (κ3) is 4.15. The van der Waals surface area contributed by atoms with Crippen LogP contribution >= 0.6 is 0 Å². The van der Waals surface area contributed by atoms with Gasteiger partial charge in [-0.2, -0.15) is 4.98 Å². The maximum absolute atomic E-state index is 12.2. The second-order valence-corrected chi connectivity index (χ2v) is 6.60. The van der Waals surface area contributed by atoms with Gasteiger partial charge in [0.25, 0.3) is 0 Å². The first-order valence-electron chi connectivity index (χ1n) is 9.45. The lowest BCUT2D eigenvalue weighted by molar-refractivity contribution is 0.0698. The number of rotatable bonds is 6. The van der Waals surface area contributed by atoms with Gasteiger partial charge in [-0.1, -0.05) is 12.1 Å². The normalized spacial score (nSPS) is 13.7. The highest BCUT2D eigenvalue weighted by Gasteiger charge is 2.25. The molecule has 0 unspecified atom stereocenters. The van der Waals surface area contributed by atoms with Crippen molar-refractivity contribution in [1.82, 2.24) is 15.0 Å². The molecule has 9 heteroatoms. The van der Waals surface area contributed by atoms with E-state index in [1.165, 1.54) is 0 Å². The standard InChI is InChI=1S/C21H21N5O4/c1-29-16-6-2-4-14(12-16)18-17(20(27)28)19(23-15-5-3-7-22-13-15)25-21(24-18)26-8-10-30-11-9-26/h2-7,12-13H,8-11H2,1H3,(H,27,28)(H,23,24,25). The summed E-state index contributed by atoms with van der Waals surface area (Å²) in [6.45, 7) is 2.36. The second-order valence-electron chi connectivity index (χ2n) is 6.60. The molecule has 0 amide bonds. The lowest BCUT2D eigenvalue weighted by atomic mass is 10.1. The van der Waals surface area contributed by atoms with Gasteiger partial charge in [0.15, 0.2) is 5.82 Å². The first kappa shape index (κ1) is 19.6. The fourth-order valence-corrected chi connectivity index (χ4v) is 3.20. The van der Waals surface area contributed by atoms with Crippen LogP contribution in [0.1, 0.15) is 10.4 Å². The fraction of sp³-hybridized carbons (Fsp3) is 0.238. The summed E-state index contributed by atoms with van der Waals surface area (Å²) in [7, 11) is 1.56. The average molecular weight is 407 g/mol. The Labute approximate surface area is 173 Å². The number of benzene rings is 1. The minimum Gasteiger partial charge on any atom is -0.497 e. The highest BCUT2D eigenvalue weighted by Crippen LogP contribution is 2.32. The van der Waals surface area contributed by atoms with Crippen LogP contribution in [0.2, 0.25) is 0 Å². The van der Waals surface area contributed by atoms with Crippen molar-refractivity contribution in [3.8, 4) is 17.0 Å². The molecule has 0 aliphatic carbocycles. The SMILES string of the molecule is COc1cccc(-c2nc(N3CCOCC3)nc(Nc3cccnc3)c2C(=O)O)c1. The van der Waals surface area contributed by atoms with E-state index in [9.17, 15) is 9.90 Å². The number of ether oxygens (including phenoxy) is 2. The van der Waals surface area contributed by atoms with Gasteiger partial charge in [0.2, 0.25) is 5.95 Å². The van der Waals surface area contributed by atoms with E-state index in [1.54, 1.807) is 55.9 Å². The van der Waals surface area contributed by atoms with Crippen molar-refractivity contribution >= 4 is 23.4 Å². The van der Waals surface area contributed by atoms with Crippen LogP contribution in [-0.2, 0) is 4.74 Å². The Morgan fingerprint density at radius 3 is 2.73 bits per heavy atom. The van der Waals surface area contributed by atoms with Crippen molar-refractivity contribution < 1.29 is 19.4 Å². The molecule has 9 nitrogen and oxygen atoms in total. The quantitative estimate of drug-likeness (QED) is 0.637. The van der Waals surface area contributed by atoms with Crippen molar-refractivity contribution in [3.63, 3.8) is 0 Å². The number of anilines is 3. The number of nitrogens with zero attached hydrogens (tertiary/aromatic N) is 4. The molecule has 30 heavy (non-hydrogen) atoms. The number of carboxylic acid groups (broad SMARTS) is 1. The highest BCUT2D eigenvalue weighted by atomic mass is 16.5. The van der Waals surface area contributed by atoms with E-state index in [-0.39, 0.29) is 11.4 Å². The van der Waals surface area contributed by atoms with Crippen LogP contribution < -0.4 is 15.0 Å². The number of nitrogens with one attached hydrogen (secondary N) is 1. The van der Waals surface area contributed by atoms with E-state index < -0.39 is 5.97 Å². The minimum absolute atomic E-state index is 0.0240. The number of aromatic nitrogens is 3. The first-order chi connectivity index (χ1) is 14.7. The van der Waals surface area contributed by atoms with Crippen molar-refractivity contribution in [2.24, 2.45) is 0 Å². The molecule has 1 aliphatic heterocycles. The fourth-order valence-electron chi connectivity index (χ4n) is 3.20. The molecule has 1 aliphatic rings. The predicted octanol–water partition coefficient (Wildman–Crippen LogP) is 2.83. The number of hydrogen-bond acceptors (Lipinski definition) is 8. The topological polar surface area (TPSA) is 110 Å². The van der Waals surface area contributed by atoms with Gasteiger partial charge in [0.05, 0.1) is 37.9 Å². The molecular weight excluding hydrogens is 386 g/mol. The van der Waals surface area contributed by atoms with Gasteiger partial charge >= 0.3 is 5.97 Å². The molecule has 3 aromatic rings. The largest absolute Gasteiger partial charge is 0.497 e. The predicted molar refractivity (Wildman–Crippen MR) is 112 cm³/mol. The number of morpholine rings is 1. The van der Waals surface area contributed by atoms with Crippen molar-refractivity contribution in [1.29, 1.82) is 0 Å². The van der Waals surface area contributed by atoms with E-state index in [1.807, 2.05) is 4.90 Å². The smallest absolute Gasteiger partial charge is 0.341 e. The second kappa shape index (κ2) is 8.75. The van der Waals surface area contributed by atoms with E-state index in [0.717, 1.165) is 0 Å². The zero-order valence-corrected chi connectivity index (χ0v) is 16.4. The lowest BCUT2D eigenvalue weighted by Gasteiger charge is -2.28. The summed E-state index contributed by atoms with van der Waals surface area (Å²) in [5.41, 5.74) is 1.54. The summed E-state index contributed by atoms with van der Waals surface area (Å²) in [6.07, 6.45) is 3.25. The molecule has 0 radical (unpaired) electrons. The maximum atomic E-state index is 12.2. The molecule has 0 bridgehead atoms. The third-order valence-corrected chi connectivity index (χ3v) is 4.67. The molecule has 1 aromatic carbocycles. The van der Waals surface area contributed by atoms with Crippen LogP contribution in [0, 0.1) is 0 Å². The highest BCUT2D eigenvalue weighted by molar-refractivity contribution is 6.00. The molecule has 154 valence electrons. The molecule has 1 saturated heterocycles. The van der Waals surface area contributed by atoms with Gasteiger partial charge in [-0.05, 0) is 24.3 Å². The van der Waals surface area contributed by atoms with Gasteiger partial charge in [0.1, 0.15) is 11.3 Å². The van der Waals surface area contributed by atoms with Crippen LogP contribution in [0.5, 0.6) is 5.75 Å². The Morgan fingerprint density at radius 1 is 1.20 bits per heavy atom. The van der Waals surface area contributed by atoms with Crippen LogP contribution in [-0.4, -0.2) is 59.4 Å². The Hall–Kier alpha value is -3.72. The Balaban J connectivity index is 1.89. The first-order valence-corrected chi connectivity index (χ1v) is 9.45. The Kier molecular flexibility index (Phi) is 5.71. The maximum Gasteiger partial charge on any atom is 0.341 e. The van der Waals surface area contributed by atoms with Gasteiger partial charge in [-0.3, -0.25) is 4.98 Å². The molecular formula is C21H21N5O4. The summed E-state index contributed by atoms with van der Waals surface area (Å²) in [5.74, 6) is 0.113. The lowest BCUT2D eigenvalue weighted by Crippen LogP contribution is -2.37. The molecule has 1 fully saturated rings. The summed E-state index contributed by atoms with van der Waals surface area (Å²) >= 11 is 0. The summed E-state index contributed by atoms with van der Waals surface area (Å²) in [5, 5.41) is 13.1. The summed E-state index contributed by atoms with van der Waals surface area (Å²) in [4.78, 5) is 27.5. The van der Waals surface area contributed by atoms with Gasteiger partial charge in [-0.25, -0.2) is 9.78 Å². The molecule has 0 spiro atoms. The number of hydrogen-bond donors (Lipinski definition) is 2. The molecule has 2 N–H and O–H groups in total. The van der Waals surface area contributed by atoms with Crippen LogP contribution in [0.15, 0.2) is 48.8 Å². The van der Waals surface area contributed by atoms with Gasteiger partial charge < -0.3 is 24.8 Å². The average Bonchev–Trinajstić information content (AvgIpc) is 2.79. The number of aromatic carboxylic acids is 1. The van der Waals surface area contributed by atoms with E-state index in [2.05, 4.69) is 20.3 Å². The molecule has 0 saturated carbocycles. The van der Waals surface area contributed by atoms with Crippen molar-refractivity contribution in [2.75, 3.05) is 43.6 Å². The number of methoxy groups -OCH3 is 1. The van der Waals surface area contributed by atoms with Crippen LogP contribution in [0.25, 0.3) is 11.3 Å². The summed E-state index contributed by atoms with van der Waals surface area (Å²) in [6, 6.07) is 10.7. The van der Waals surface area contributed by atoms with Crippen LogP contribution in [0.3, 0.4) is 0 Å². The van der Waals surface area contributed by atoms with Crippen molar-refractivity contribution in [3.05, 3.63) is 54.4 Å². The molecule has 0 atom stereocenters. The Bertz CT molecular complexity index is 1040. The molecule has 2 aromatic heterocycles. The molecule has 4 rings (SSSR count). The Morgan fingerprint density at radius 2 is 2.03 bits per heavy atom. The number of carboxylic acids is 1. The van der Waals surface area contributed by atoms with E-state index >= 15 is 0 Å². The summed E-state index contributed by atoms with van der Waals surface area (Å²) < 4.78 is 10.7.